The smallest absolute Gasteiger partial charge is 0.248 e. The molecule has 2 aromatic carbocycles. The lowest BCUT2D eigenvalue weighted by Gasteiger charge is -2.08. The van der Waals surface area contributed by atoms with Gasteiger partial charge in [0.05, 0.1) is 0 Å². The van der Waals surface area contributed by atoms with Gasteiger partial charge < -0.3 is 10.3 Å². The zero-order valence-electron chi connectivity index (χ0n) is 13.4. The van der Waals surface area contributed by atoms with Crippen LogP contribution < -0.4 is 5.73 Å². The number of primary amides is 1. The molecule has 0 fully saturated rings. The Balaban J connectivity index is 1.95. The number of carbonyl (C=O) groups is 1. The Morgan fingerprint density at radius 3 is 2.75 bits per heavy atom. The van der Waals surface area contributed by atoms with Crippen molar-refractivity contribution in [2.75, 3.05) is 0 Å². The van der Waals surface area contributed by atoms with E-state index in [2.05, 4.69) is 46.9 Å². The number of fused-ring (bicyclic) bond motifs is 2. The number of nitrogens with zero attached hydrogens (tertiary/aromatic N) is 2. The molecule has 2 N–H and O–H groups in total. The van der Waals surface area contributed by atoms with E-state index in [-0.39, 0.29) is 0 Å². The molecule has 0 aliphatic heterocycles. The summed E-state index contributed by atoms with van der Waals surface area (Å²) in [6.07, 6.45) is 5.74. The Hall–Kier alpha value is -3.14. The Kier molecular flexibility index (Phi) is 3.31. The molecule has 24 heavy (non-hydrogen) atoms. The maximum atomic E-state index is 11.5. The van der Waals surface area contributed by atoms with Crippen molar-refractivity contribution in [3.63, 3.8) is 0 Å². The van der Waals surface area contributed by atoms with Crippen molar-refractivity contribution in [2.24, 2.45) is 5.73 Å². The van der Waals surface area contributed by atoms with E-state index >= 15 is 0 Å². The van der Waals surface area contributed by atoms with Crippen molar-refractivity contribution >= 4 is 27.6 Å². The zero-order valence-corrected chi connectivity index (χ0v) is 13.4. The lowest BCUT2D eigenvalue weighted by atomic mass is 9.98. The molecule has 0 radical (unpaired) electrons. The van der Waals surface area contributed by atoms with E-state index < -0.39 is 5.91 Å². The number of benzene rings is 2. The molecule has 2 heterocycles. The third-order valence-electron chi connectivity index (χ3n) is 4.47. The summed E-state index contributed by atoms with van der Waals surface area (Å²) in [5.41, 5.74) is 9.23. The van der Waals surface area contributed by atoms with E-state index in [0.717, 1.165) is 28.4 Å². The predicted molar refractivity (Wildman–Crippen MR) is 96.9 cm³/mol. The fourth-order valence-electron chi connectivity index (χ4n) is 3.19. The van der Waals surface area contributed by atoms with E-state index in [1.807, 2.05) is 18.3 Å². The molecule has 0 aliphatic rings. The van der Waals surface area contributed by atoms with Gasteiger partial charge in [0.25, 0.3) is 0 Å². The minimum absolute atomic E-state index is 0.421. The van der Waals surface area contributed by atoms with Crippen LogP contribution in [-0.4, -0.2) is 15.5 Å². The van der Waals surface area contributed by atoms with Crippen LogP contribution >= 0.6 is 0 Å². The Morgan fingerprint density at radius 2 is 1.96 bits per heavy atom. The number of hydrogen-bond acceptors (Lipinski definition) is 2. The number of aryl methyl sites for hydroxylation is 1. The highest BCUT2D eigenvalue weighted by atomic mass is 16.1. The SMILES string of the molecule is CCn1ccc2cc(-c3cncc4ccc(C(N)=O)cc34)ccc21. The predicted octanol–water partition coefficient (Wildman–Crippen LogP) is 3.98. The molecule has 4 nitrogen and oxygen atoms in total. The largest absolute Gasteiger partial charge is 0.366 e. The first kappa shape index (κ1) is 14.5. The third kappa shape index (κ3) is 2.24. The molecule has 0 bridgehead atoms. The summed E-state index contributed by atoms with van der Waals surface area (Å²) in [6.45, 7) is 3.08. The monoisotopic (exact) mass is 315 g/mol. The highest BCUT2D eigenvalue weighted by Gasteiger charge is 2.09. The van der Waals surface area contributed by atoms with Crippen LogP contribution in [0.2, 0.25) is 0 Å². The molecule has 0 spiro atoms. The normalized spacial score (nSPS) is 11.2. The fourth-order valence-corrected chi connectivity index (χ4v) is 3.19. The zero-order chi connectivity index (χ0) is 16.7. The van der Waals surface area contributed by atoms with Crippen LogP contribution in [0.15, 0.2) is 61.1 Å². The van der Waals surface area contributed by atoms with Gasteiger partial charge in [-0.3, -0.25) is 9.78 Å². The molecule has 1 amide bonds. The first-order chi connectivity index (χ1) is 11.7. The molecule has 118 valence electrons. The number of carbonyl (C=O) groups excluding carboxylic acids is 1. The van der Waals surface area contributed by atoms with E-state index in [1.165, 1.54) is 10.9 Å². The van der Waals surface area contributed by atoms with E-state index in [0.29, 0.717) is 5.56 Å². The number of nitrogens with two attached hydrogens (primary N) is 1. The third-order valence-corrected chi connectivity index (χ3v) is 4.47. The van der Waals surface area contributed by atoms with Crippen LogP contribution in [0.4, 0.5) is 0 Å². The summed E-state index contributed by atoms with van der Waals surface area (Å²) in [4.78, 5) is 15.9. The highest BCUT2D eigenvalue weighted by molar-refractivity contribution is 6.03. The van der Waals surface area contributed by atoms with Crippen LogP contribution in [-0.2, 0) is 6.54 Å². The van der Waals surface area contributed by atoms with Gasteiger partial charge in [0.2, 0.25) is 5.91 Å². The van der Waals surface area contributed by atoms with Crippen molar-refractivity contribution < 1.29 is 4.79 Å². The number of aromatic nitrogens is 2. The lowest BCUT2D eigenvalue weighted by Crippen LogP contribution is -2.10. The van der Waals surface area contributed by atoms with Crippen molar-refractivity contribution in [3.05, 3.63) is 66.6 Å². The molecular weight excluding hydrogens is 298 g/mol. The number of pyridine rings is 1. The first-order valence-corrected chi connectivity index (χ1v) is 7.94. The Morgan fingerprint density at radius 1 is 1.08 bits per heavy atom. The highest BCUT2D eigenvalue weighted by Crippen LogP contribution is 2.31. The summed E-state index contributed by atoms with van der Waals surface area (Å²) in [7, 11) is 0. The second kappa shape index (κ2) is 5.49. The summed E-state index contributed by atoms with van der Waals surface area (Å²) in [5, 5.41) is 3.16. The minimum atomic E-state index is -0.421. The number of amides is 1. The topological polar surface area (TPSA) is 60.9 Å². The van der Waals surface area contributed by atoms with Gasteiger partial charge >= 0.3 is 0 Å². The molecule has 4 heteroatoms. The van der Waals surface area contributed by atoms with Gasteiger partial charge in [0.15, 0.2) is 0 Å². The molecule has 0 unspecified atom stereocenters. The van der Waals surface area contributed by atoms with Crippen molar-refractivity contribution in [1.82, 2.24) is 9.55 Å². The van der Waals surface area contributed by atoms with Crippen LogP contribution in [0.25, 0.3) is 32.8 Å². The molecule has 0 atom stereocenters. The second-order valence-electron chi connectivity index (χ2n) is 5.86. The second-order valence-corrected chi connectivity index (χ2v) is 5.86. The molecular formula is C20H17N3O. The Labute approximate surface area is 139 Å². The molecule has 0 saturated heterocycles. The van der Waals surface area contributed by atoms with Crippen molar-refractivity contribution in [3.8, 4) is 11.1 Å². The van der Waals surface area contributed by atoms with Crippen molar-refractivity contribution in [2.45, 2.75) is 13.5 Å². The van der Waals surface area contributed by atoms with Gasteiger partial charge in [0, 0.05) is 52.6 Å². The van der Waals surface area contributed by atoms with E-state index in [1.54, 1.807) is 12.3 Å². The van der Waals surface area contributed by atoms with Crippen LogP contribution in [0.3, 0.4) is 0 Å². The summed E-state index contributed by atoms with van der Waals surface area (Å²) < 4.78 is 2.21. The van der Waals surface area contributed by atoms with Gasteiger partial charge in [-0.2, -0.15) is 0 Å². The maximum absolute atomic E-state index is 11.5. The lowest BCUT2D eigenvalue weighted by molar-refractivity contribution is 0.100. The van der Waals surface area contributed by atoms with Gasteiger partial charge in [-0.05, 0) is 48.2 Å². The van der Waals surface area contributed by atoms with Crippen LogP contribution in [0.1, 0.15) is 17.3 Å². The van der Waals surface area contributed by atoms with Crippen LogP contribution in [0.5, 0.6) is 0 Å². The summed E-state index contributed by atoms with van der Waals surface area (Å²) >= 11 is 0. The van der Waals surface area contributed by atoms with Crippen molar-refractivity contribution in [1.29, 1.82) is 0 Å². The van der Waals surface area contributed by atoms with E-state index in [4.69, 9.17) is 5.73 Å². The Bertz CT molecular complexity index is 1080. The van der Waals surface area contributed by atoms with Gasteiger partial charge in [-0.15, -0.1) is 0 Å². The minimum Gasteiger partial charge on any atom is -0.366 e. The quantitative estimate of drug-likeness (QED) is 0.621. The maximum Gasteiger partial charge on any atom is 0.248 e. The molecule has 0 saturated carbocycles. The fraction of sp³-hybridized carbons (Fsp3) is 0.100. The van der Waals surface area contributed by atoms with Crippen LogP contribution in [0, 0.1) is 0 Å². The molecule has 0 aliphatic carbocycles. The van der Waals surface area contributed by atoms with Gasteiger partial charge in [0.1, 0.15) is 0 Å². The number of hydrogen-bond donors (Lipinski definition) is 1. The summed E-state index contributed by atoms with van der Waals surface area (Å²) in [6, 6.07) is 14.0. The molecule has 2 aromatic heterocycles. The molecule has 4 rings (SSSR count). The average Bonchev–Trinajstić information content (AvgIpc) is 3.02. The average molecular weight is 315 g/mol. The standard InChI is InChI=1S/C20H17N3O/c1-2-23-8-7-14-9-13(5-6-19(14)23)18-12-22-11-16-4-3-15(20(21)24)10-17(16)18/h3-12H,2H2,1H3,(H2,21,24). The number of rotatable bonds is 3. The summed E-state index contributed by atoms with van der Waals surface area (Å²) in [5.74, 6) is -0.421. The molecule has 4 aromatic rings. The van der Waals surface area contributed by atoms with Gasteiger partial charge in [-0.25, -0.2) is 0 Å². The van der Waals surface area contributed by atoms with E-state index in [9.17, 15) is 4.79 Å². The first-order valence-electron chi connectivity index (χ1n) is 7.94. The van der Waals surface area contributed by atoms with Gasteiger partial charge in [-0.1, -0.05) is 12.1 Å².